The molecule has 10 atom stereocenters. The van der Waals surface area contributed by atoms with E-state index in [0.717, 1.165) is 0 Å². The normalized spacial score (nSPS) is 40.9. The lowest BCUT2D eigenvalue weighted by Gasteiger charge is -2.48. The van der Waals surface area contributed by atoms with Crippen LogP contribution in [-0.2, 0) is 33.3 Å². The minimum absolute atomic E-state index is 0.459. The standard InChI is InChI=1S/C18H32N2O11/c1-7(23)19-11-14(26)16(10(6-22)29-17(11)28-4)31-18-12(20-8(2)24)13(25)15(27-3)9(5-21)30-18/h9-18,21-22,25-26H,5-6H2,1-4H3,(H,19,23)(H,20,24)/t9-,10?,11-,12?,13?,14?,15-,16+,17-,18?/m1/s1. The molecule has 2 aliphatic rings. The van der Waals surface area contributed by atoms with Crippen molar-refractivity contribution in [1.82, 2.24) is 10.6 Å². The van der Waals surface area contributed by atoms with Crippen molar-refractivity contribution in [2.24, 2.45) is 0 Å². The number of aliphatic hydroxyl groups excluding tert-OH is 4. The smallest absolute Gasteiger partial charge is 0.217 e. The van der Waals surface area contributed by atoms with E-state index in [9.17, 15) is 30.0 Å². The van der Waals surface area contributed by atoms with E-state index in [0.29, 0.717) is 0 Å². The Labute approximate surface area is 179 Å². The highest BCUT2D eigenvalue weighted by molar-refractivity contribution is 5.73. The molecule has 180 valence electrons. The van der Waals surface area contributed by atoms with Crippen molar-refractivity contribution in [3.05, 3.63) is 0 Å². The first-order chi connectivity index (χ1) is 14.7. The van der Waals surface area contributed by atoms with E-state index in [-0.39, 0.29) is 0 Å². The highest BCUT2D eigenvalue weighted by atomic mass is 16.7. The minimum atomic E-state index is -1.41. The molecule has 2 heterocycles. The van der Waals surface area contributed by atoms with Crippen LogP contribution in [0.4, 0.5) is 0 Å². The first-order valence-corrected chi connectivity index (χ1v) is 9.82. The Hall–Kier alpha value is -1.42. The molecule has 2 aliphatic heterocycles. The summed E-state index contributed by atoms with van der Waals surface area (Å²) in [6.07, 6.45) is -9.45. The van der Waals surface area contributed by atoms with Gasteiger partial charge in [0.2, 0.25) is 11.8 Å². The number of aliphatic hydroxyl groups is 4. The molecular weight excluding hydrogens is 420 g/mol. The molecule has 13 heteroatoms. The van der Waals surface area contributed by atoms with Crippen LogP contribution in [0.15, 0.2) is 0 Å². The molecule has 0 saturated carbocycles. The van der Waals surface area contributed by atoms with Crippen molar-refractivity contribution in [1.29, 1.82) is 0 Å². The number of nitrogens with one attached hydrogen (secondary N) is 2. The molecule has 0 aromatic rings. The summed E-state index contributed by atoms with van der Waals surface area (Å²) in [6.45, 7) is 1.39. The van der Waals surface area contributed by atoms with Gasteiger partial charge in [0.25, 0.3) is 0 Å². The van der Waals surface area contributed by atoms with E-state index in [1.807, 2.05) is 0 Å². The quantitative estimate of drug-likeness (QED) is 0.212. The van der Waals surface area contributed by atoms with Gasteiger partial charge in [-0.25, -0.2) is 0 Å². The molecule has 0 bridgehead atoms. The van der Waals surface area contributed by atoms with Crippen LogP contribution in [0.2, 0.25) is 0 Å². The van der Waals surface area contributed by atoms with Gasteiger partial charge in [-0.1, -0.05) is 0 Å². The minimum Gasteiger partial charge on any atom is -0.394 e. The van der Waals surface area contributed by atoms with E-state index < -0.39 is 86.3 Å². The number of amides is 2. The van der Waals surface area contributed by atoms with Gasteiger partial charge < -0.3 is 54.7 Å². The lowest BCUT2D eigenvalue weighted by atomic mass is 9.94. The zero-order chi connectivity index (χ0) is 23.3. The molecule has 0 spiro atoms. The number of rotatable bonds is 8. The van der Waals surface area contributed by atoms with Crippen molar-refractivity contribution in [3.63, 3.8) is 0 Å². The number of hydrogen-bond acceptors (Lipinski definition) is 11. The summed E-state index contributed by atoms with van der Waals surface area (Å²) in [4.78, 5) is 23.2. The summed E-state index contributed by atoms with van der Waals surface area (Å²) >= 11 is 0. The summed E-state index contributed by atoms with van der Waals surface area (Å²) in [5.74, 6) is -0.951. The second-order valence-corrected chi connectivity index (χ2v) is 7.42. The number of carbonyl (C=O) groups is 2. The molecular formula is C18H32N2O11. The number of ether oxygens (including phenoxy) is 5. The maximum Gasteiger partial charge on any atom is 0.217 e. The van der Waals surface area contributed by atoms with Gasteiger partial charge in [0.1, 0.15) is 48.7 Å². The summed E-state index contributed by atoms with van der Waals surface area (Å²) in [5.41, 5.74) is 0. The fraction of sp³-hybridized carbons (Fsp3) is 0.889. The van der Waals surface area contributed by atoms with Crippen molar-refractivity contribution in [2.45, 2.75) is 75.1 Å². The van der Waals surface area contributed by atoms with E-state index >= 15 is 0 Å². The Balaban J connectivity index is 2.30. The zero-order valence-electron chi connectivity index (χ0n) is 17.8. The van der Waals surface area contributed by atoms with Crippen LogP contribution < -0.4 is 10.6 Å². The van der Waals surface area contributed by atoms with Gasteiger partial charge in [0.05, 0.1) is 13.2 Å². The van der Waals surface area contributed by atoms with Crippen molar-refractivity contribution < 1.29 is 53.7 Å². The summed E-state index contributed by atoms with van der Waals surface area (Å²) in [6, 6.07) is -2.17. The maximum absolute atomic E-state index is 11.7. The lowest BCUT2D eigenvalue weighted by molar-refractivity contribution is -0.331. The third-order valence-electron chi connectivity index (χ3n) is 5.24. The first-order valence-electron chi connectivity index (χ1n) is 9.82. The summed E-state index contributed by atoms with van der Waals surface area (Å²) in [5, 5.41) is 46.0. The van der Waals surface area contributed by atoms with Gasteiger partial charge in [-0.05, 0) is 0 Å². The van der Waals surface area contributed by atoms with Crippen LogP contribution in [0, 0.1) is 0 Å². The van der Waals surface area contributed by atoms with Crippen LogP contribution in [-0.4, -0.2) is 121 Å². The lowest BCUT2D eigenvalue weighted by Crippen LogP contribution is -2.69. The molecule has 0 aromatic carbocycles. The Morgan fingerprint density at radius 2 is 1.26 bits per heavy atom. The van der Waals surface area contributed by atoms with Gasteiger partial charge in [0.15, 0.2) is 12.6 Å². The van der Waals surface area contributed by atoms with E-state index in [4.69, 9.17) is 23.7 Å². The Bertz CT molecular complexity index is 609. The van der Waals surface area contributed by atoms with Gasteiger partial charge in [-0.15, -0.1) is 0 Å². The van der Waals surface area contributed by atoms with E-state index in [1.165, 1.54) is 28.1 Å². The summed E-state index contributed by atoms with van der Waals surface area (Å²) < 4.78 is 27.5. The average Bonchev–Trinajstić information content (AvgIpc) is 2.72. The summed E-state index contributed by atoms with van der Waals surface area (Å²) in [7, 11) is 2.63. The second kappa shape index (κ2) is 11.4. The molecule has 0 radical (unpaired) electrons. The second-order valence-electron chi connectivity index (χ2n) is 7.42. The molecule has 2 rings (SSSR count). The zero-order valence-corrected chi connectivity index (χ0v) is 17.8. The Morgan fingerprint density at radius 3 is 1.71 bits per heavy atom. The average molecular weight is 452 g/mol. The molecule has 2 amide bonds. The highest BCUT2D eigenvalue weighted by Crippen LogP contribution is 2.30. The molecule has 0 aliphatic carbocycles. The predicted molar refractivity (Wildman–Crippen MR) is 101 cm³/mol. The largest absolute Gasteiger partial charge is 0.394 e. The highest BCUT2D eigenvalue weighted by Gasteiger charge is 2.52. The first kappa shape index (κ1) is 25.8. The predicted octanol–water partition coefficient (Wildman–Crippen LogP) is -3.80. The Morgan fingerprint density at radius 1 is 0.806 bits per heavy atom. The van der Waals surface area contributed by atoms with E-state index in [1.54, 1.807) is 0 Å². The third kappa shape index (κ3) is 5.88. The fourth-order valence-electron chi connectivity index (χ4n) is 3.84. The van der Waals surface area contributed by atoms with Crippen molar-refractivity contribution in [3.8, 4) is 0 Å². The van der Waals surface area contributed by atoms with E-state index in [2.05, 4.69) is 10.6 Å². The maximum atomic E-state index is 11.7. The van der Waals surface area contributed by atoms with Crippen LogP contribution >= 0.6 is 0 Å². The van der Waals surface area contributed by atoms with Crippen LogP contribution in [0.1, 0.15) is 13.8 Å². The molecule has 31 heavy (non-hydrogen) atoms. The number of methoxy groups -OCH3 is 2. The van der Waals surface area contributed by atoms with Crippen molar-refractivity contribution in [2.75, 3.05) is 27.4 Å². The molecule has 0 aromatic heterocycles. The van der Waals surface area contributed by atoms with Gasteiger partial charge >= 0.3 is 0 Å². The number of carbonyl (C=O) groups excluding carboxylic acids is 2. The van der Waals surface area contributed by atoms with Crippen LogP contribution in [0.3, 0.4) is 0 Å². The monoisotopic (exact) mass is 452 g/mol. The van der Waals surface area contributed by atoms with Gasteiger partial charge in [-0.2, -0.15) is 0 Å². The fourth-order valence-corrected chi connectivity index (χ4v) is 3.84. The topological polar surface area (TPSA) is 185 Å². The van der Waals surface area contributed by atoms with Crippen LogP contribution in [0.5, 0.6) is 0 Å². The molecule has 6 N–H and O–H groups in total. The van der Waals surface area contributed by atoms with Gasteiger partial charge in [-0.3, -0.25) is 9.59 Å². The molecule has 2 fully saturated rings. The van der Waals surface area contributed by atoms with Crippen LogP contribution in [0.25, 0.3) is 0 Å². The molecule has 5 unspecified atom stereocenters. The Kier molecular flexibility index (Phi) is 9.54. The molecule has 13 nitrogen and oxygen atoms in total. The SMILES string of the molecule is CO[C@@H]1OC(CO)[C@H](OC2O[C@H](CO)[C@@H](OC)C(O)C2NC(C)=O)C(O)[C@H]1NC(C)=O. The van der Waals surface area contributed by atoms with Gasteiger partial charge in [0, 0.05) is 28.1 Å². The van der Waals surface area contributed by atoms with Crippen molar-refractivity contribution >= 4 is 11.8 Å². The molecule has 2 saturated heterocycles. The number of hydrogen-bond donors (Lipinski definition) is 6. The third-order valence-corrected chi connectivity index (χ3v) is 5.24.